The van der Waals surface area contributed by atoms with Crippen LogP contribution in [0.4, 0.5) is 5.69 Å². The quantitative estimate of drug-likeness (QED) is 0.653. The van der Waals surface area contributed by atoms with Gasteiger partial charge in [0, 0.05) is 22.0 Å². The maximum Gasteiger partial charge on any atom is 0.355 e. The number of H-pyrrole nitrogens is 1. The minimum atomic E-state index is -3.36. The van der Waals surface area contributed by atoms with Crippen LogP contribution >= 0.6 is 0 Å². The van der Waals surface area contributed by atoms with Crippen molar-refractivity contribution in [2.24, 2.45) is 0 Å². The number of ether oxygens (including phenoxy) is 1. The van der Waals surface area contributed by atoms with Crippen molar-refractivity contribution in [3.63, 3.8) is 0 Å². The third kappa shape index (κ3) is 4.07. The number of anilines is 1. The summed E-state index contributed by atoms with van der Waals surface area (Å²) < 4.78 is 28.8. The molecule has 0 unspecified atom stereocenters. The average molecular weight is 410 g/mol. The normalized spacial score (nSPS) is 17.3. The van der Waals surface area contributed by atoms with Gasteiger partial charge < -0.3 is 14.6 Å². The number of hydrogen-bond donors (Lipinski definition) is 1. The van der Waals surface area contributed by atoms with Crippen molar-refractivity contribution < 1.29 is 22.7 Å². The molecule has 0 radical (unpaired) electrons. The Morgan fingerprint density at radius 3 is 2.48 bits per heavy atom. The Morgan fingerprint density at radius 2 is 1.79 bits per heavy atom. The maximum absolute atomic E-state index is 12.9. The number of sulfone groups is 1. The molecule has 2 heterocycles. The first-order chi connectivity index (χ1) is 13.9. The van der Waals surface area contributed by atoms with Crippen molar-refractivity contribution in [2.45, 2.75) is 6.04 Å². The maximum atomic E-state index is 12.9. The van der Waals surface area contributed by atoms with E-state index in [1.54, 1.807) is 36.4 Å². The molecule has 3 aromatic rings. The summed E-state index contributed by atoms with van der Waals surface area (Å²) in [4.78, 5) is 29.5. The van der Waals surface area contributed by atoms with Gasteiger partial charge in [0.15, 0.2) is 16.4 Å². The van der Waals surface area contributed by atoms with Crippen LogP contribution in [0.5, 0.6) is 0 Å². The zero-order valence-corrected chi connectivity index (χ0v) is 16.1. The van der Waals surface area contributed by atoms with Gasteiger partial charge in [0.05, 0.1) is 11.8 Å². The summed E-state index contributed by atoms with van der Waals surface area (Å²) in [5, 5.41) is 1.97. The Hall–Kier alpha value is -3.39. The summed E-state index contributed by atoms with van der Waals surface area (Å²) in [5.74, 6) is -1.37. The SMILES string of the molecule is O=C(OCC(=O)N(c1ccccc1)[C@H]1C=CS(=O)(=O)C1)c1cc2ccccc2[nH]1. The lowest BCUT2D eigenvalue weighted by atomic mass is 10.2. The molecular formula is C21H18N2O5S. The number of carbonyl (C=O) groups is 2. The number of rotatable bonds is 5. The van der Waals surface area contributed by atoms with Crippen molar-refractivity contribution in [3.8, 4) is 0 Å². The van der Waals surface area contributed by atoms with Crippen LogP contribution in [0, 0.1) is 0 Å². The van der Waals surface area contributed by atoms with Gasteiger partial charge >= 0.3 is 5.97 Å². The fraction of sp³-hybridized carbons (Fsp3) is 0.143. The predicted molar refractivity (Wildman–Crippen MR) is 109 cm³/mol. The first kappa shape index (κ1) is 18.9. The second-order valence-corrected chi connectivity index (χ2v) is 8.60. The van der Waals surface area contributed by atoms with E-state index in [1.165, 1.54) is 11.0 Å². The summed E-state index contributed by atoms with van der Waals surface area (Å²) in [6, 6.07) is 17.1. The number of nitrogens with one attached hydrogen (secondary N) is 1. The lowest BCUT2D eigenvalue weighted by Crippen LogP contribution is -2.43. The second-order valence-electron chi connectivity index (χ2n) is 6.67. The zero-order valence-electron chi connectivity index (χ0n) is 15.3. The predicted octanol–water partition coefficient (Wildman–Crippen LogP) is 2.67. The minimum absolute atomic E-state index is 0.205. The van der Waals surface area contributed by atoms with E-state index in [4.69, 9.17) is 4.74 Å². The molecule has 1 aliphatic heterocycles. The van der Waals surface area contributed by atoms with Gasteiger partial charge in [0.25, 0.3) is 5.91 Å². The smallest absolute Gasteiger partial charge is 0.355 e. The van der Waals surface area contributed by atoms with Crippen LogP contribution < -0.4 is 4.90 Å². The molecule has 7 nitrogen and oxygen atoms in total. The van der Waals surface area contributed by atoms with Gasteiger partial charge in [-0.2, -0.15) is 0 Å². The standard InChI is InChI=1S/C21H18N2O5S/c24-20(13-28-21(25)19-12-15-6-4-5-9-18(15)22-19)23(16-7-2-1-3-8-16)17-10-11-29(26,27)14-17/h1-12,17,22H,13-14H2/t17-/m0/s1. The number of esters is 1. The van der Waals surface area contributed by atoms with E-state index in [9.17, 15) is 18.0 Å². The third-order valence-electron chi connectivity index (χ3n) is 4.62. The summed E-state index contributed by atoms with van der Waals surface area (Å²) in [5.41, 5.74) is 1.57. The Labute approximate surface area is 167 Å². The van der Waals surface area contributed by atoms with Crippen LogP contribution in [0.3, 0.4) is 0 Å². The molecule has 1 amide bonds. The molecule has 1 atom stereocenters. The van der Waals surface area contributed by atoms with Gasteiger partial charge in [-0.1, -0.05) is 36.4 Å². The molecule has 1 aromatic heterocycles. The van der Waals surface area contributed by atoms with Gasteiger partial charge in [0.2, 0.25) is 0 Å². The largest absolute Gasteiger partial charge is 0.451 e. The van der Waals surface area contributed by atoms with E-state index < -0.39 is 34.4 Å². The van der Waals surface area contributed by atoms with E-state index in [-0.39, 0.29) is 11.4 Å². The van der Waals surface area contributed by atoms with Crippen molar-refractivity contribution >= 4 is 38.3 Å². The monoisotopic (exact) mass is 410 g/mol. The summed E-state index contributed by atoms with van der Waals surface area (Å²) in [7, 11) is -3.36. The zero-order chi connectivity index (χ0) is 20.4. The molecule has 0 bridgehead atoms. The fourth-order valence-electron chi connectivity index (χ4n) is 3.29. The molecule has 4 rings (SSSR count). The molecule has 0 saturated carbocycles. The average Bonchev–Trinajstić information content (AvgIpc) is 3.30. The van der Waals surface area contributed by atoms with E-state index in [2.05, 4.69) is 4.98 Å². The third-order valence-corrected chi connectivity index (χ3v) is 6.00. The minimum Gasteiger partial charge on any atom is -0.451 e. The summed E-state index contributed by atoms with van der Waals surface area (Å²) in [6.07, 6.45) is 1.47. The van der Waals surface area contributed by atoms with Crippen LogP contribution in [0.25, 0.3) is 10.9 Å². The van der Waals surface area contributed by atoms with Crippen LogP contribution in [-0.2, 0) is 19.4 Å². The Kier molecular flexibility index (Phi) is 4.94. The number of amides is 1. The number of nitrogens with zero attached hydrogens (tertiary/aromatic N) is 1. The van der Waals surface area contributed by atoms with Crippen molar-refractivity contribution in [3.05, 3.63) is 77.8 Å². The van der Waals surface area contributed by atoms with E-state index in [0.717, 1.165) is 16.3 Å². The molecule has 0 aliphatic carbocycles. The molecule has 1 aliphatic rings. The second kappa shape index (κ2) is 7.56. The number of fused-ring (bicyclic) bond motifs is 1. The highest BCUT2D eigenvalue weighted by atomic mass is 32.2. The van der Waals surface area contributed by atoms with E-state index >= 15 is 0 Å². The molecule has 0 spiro atoms. The molecule has 0 saturated heterocycles. The number of aromatic nitrogens is 1. The van der Waals surface area contributed by atoms with Gasteiger partial charge in [-0.3, -0.25) is 4.79 Å². The van der Waals surface area contributed by atoms with Gasteiger partial charge in [-0.25, -0.2) is 13.2 Å². The lowest BCUT2D eigenvalue weighted by molar-refractivity contribution is -0.121. The Balaban J connectivity index is 1.50. The Bertz CT molecular complexity index is 1170. The highest BCUT2D eigenvalue weighted by Crippen LogP contribution is 2.23. The van der Waals surface area contributed by atoms with E-state index in [0.29, 0.717) is 5.69 Å². The molecule has 8 heteroatoms. The Morgan fingerprint density at radius 1 is 1.07 bits per heavy atom. The number of para-hydroxylation sites is 2. The topological polar surface area (TPSA) is 96.5 Å². The number of carbonyl (C=O) groups excluding carboxylic acids is 2. The van der Waals surface area contributed by atoms with Gasteiger partial charge in [-0.15, -0.1) is 0 Å². The first-order valence-corrected chi connectivity index (χ1v) is 10.7. The van der Waals surface area contributed by atoms with Crippen LogP contribution in [0.2, 0.25) is 0 Å². The molecule has 2 aromatic carbocycles. The highest BCUT2D eigenvalue weighted by Gasteiger charge is 2.32. The summed E-state index contributed by atoms with van der Waals surface area (Å²) >= 11 is 0. The van der Waals surface area contributed by atoms with E-state index in [1.807, 2.05) is 24.3 Å². The van der Waals surface area contributed by atoms with Gasteiger partial charge in [-0.05, 0) is 30.3 Å². The molecule has 148 valence electrons. The molecular weight excluding hydrogens is 392 g/mol. The lowest BCUT2D eigenvalue weighted by Gasteiger charge is -2.27. The molecule has 0 fully saturated rings. The van der Waals surface area contributed by atoms with Crippen molar-refractivity contribution in [1.29, 1.82) is 0 Å². The fourth-order valence-corrected chi connectivity index (χ4v) is 4.56. The first-order valence-electron chi connectivity index (χ1n) is 8.96. The van der Waals surface area contributed by atoms with Crippen molar-refractivity contribution in [1.82, 2.24) is 4.98 Å². The number of aromatic amines is 1. The van der Waals surface area contributed by atoms with Gasteiger partial charge in [0.1, 0.15) is 5.69 Å². The molecule has 1 N–H and O–H groups in total. The number of hydrogen-bond acceptors (Lipinski definition) is 5. The highest BCUT2D eigenvalue weighted by molar-refractivity contribution is 7.94. The van der Waals surface area contributed by atoms with Crippen molar-refractivity contribution in [2.75, 3.05) is 17.3 Å². The van der Waals surface area contributed by atoms with Crippen LogP contribution in [0.15, 0.2) is 72.1 Å². The van der Waals surface area contributed by atoms with Crippen LogP contribution in [0.1, 0.15) is 10.5 Å². The summed E-state index contributed by atoms with van der Waals surface area (Å²) in [6.45, 7) is -0.506. The van der Waals surface area contributed by atoms with Crippen LogP contribution in [-0.4, -0.2) is 43.7 Å². The number of benzene rings is 2. The molecule has 29 heavy (non-hydrogen) atoms.